The standard InChI is InChI=1S/C21H16FNO4S2/c22-15-10-8-14(9-11-15)18-20(29(26,27)17-6-2-1-3-7-17)19(24)21(25)23(18)13-16-5-4-12-28-16/h1-12,18,24H,13H2/t18-/m0/s1. The molecular weight excluding hydrogens is 413 g/mol. The highest BCUT2D eigenvalue weighted by atomic mass is 32.2. The van der Waals surface area contributed by atoms with Crippen LogP contribution in [-0.4, -0.2) is 24.3 Å². The summed E-state index contributed by atoms with van der Waals surface area (Å²) in [7, 11) is -4.16. The molecular formula is C21H16FNO4S2. The average Bonchev–Trinajstić information content (AvgIpc) is 3.32. The molecule has 0 aliphatic carbocycles. The molecule has 8 heteroatoms. The van der Waals surface area contributed by atoms with Crippen LogP contribution in [0.25, 0.3) is 0 Å². The molecule has 0 unspecified atom stereocenters. The van der Waals surface area contributed by atoms with Crippen LogP contribution in [0.2, 0.25) is 0 Å². The van der Waals surface area contributed by atoms with E-state index in [1.165, 1.54) is 52.6 Å². The van der Waals surface area contributed by atoms with E-state index < -0.39 is 38.3 Å². The molecule has 1 aliphatic rings. The third-order valence-corrected chi connectivity index (χ3v) is 7.44. The van der Waals surface area contributed by atoms with Gasteiger partial charge in [-0.1, -0.05) is 36.4 Å². The Balaban J connectivity index is 1.87. The fourth-order valence-electron chi connectivity index (χ4n) is 3.34. The predicted molar refractivity (Wildman–Crippen MR) is 107 cm³/mol. The maximum absolute atomic E-state index is 13.5. The lowest BCUT2D eigenvalue weighted by atomic mass is 10.1. The fourth-order valence-corrected chi connectivity index (χ4v) is 5.71. The molecule has 5 nitrogen and oxygen atoms in total. The summed E-state index contributed by atoms with van der Waals surface area (Å²) in [4.78, 5) is 14.6. The Morgan fingerprint density at radius 2 is 1.69 bits per heavy atom. The van der Waals surface area contributed by atoms with E-state index in [-0.39, 0.29) is 11.4 Å². The smallest absolute Gasteiger partial charge is 0.290 e. The summed E-state index contributed by atoms with van der Waals surface area (Å²) in [6.07, 6.45) is 0. The van der Waals surface area contributed by atoms with Crippen molar-refractivity contribution in [2.24, 2.45) is 0 Å². The third kappa shape index (κ3) is 3.45. The summed E-state index contributed by atoms with van der Waals surface area (Å²) in [5.74, 6) is -2.06. The Hall–Kier alpha value is -2.97. The Morgan fingerprint density at radius 1 is 1.00 bits per heavy atom. The number of carbonyl (C=O) groups excluding carboxylic acids is 1. The quantitative estimate of drug-likeness (QED) is 0.659. The lowest BCUT2D eigenvalue weighted by Crippen LogP contribution is -2.30. The van der Waals surface area contributed by atoms with Gasteiger partial charge in [0.1, 0.15) is 10.7 Å². The number of aliphatic hydroxyl groups excluding tert-OH is 1. The molecule has 3 aromatic rings. The molecule has 0 saturated carbocycles. The van der Waals surface area contributed by atoms with Gasteiger partial charge in [0.05, 0.1) is 17.5 Å². The van der Waals surface area contributed by atoms with Gasteiger partial charge < -0.3 is 10.0 Å². The number of halogens is 1. The molecule has 2 heterocycles. The van der Waals surface area contributed by atoms with E-state index in [9.17, 15) is 22.7 Å². The first-order valence-electron chi connectivity index (χ1n) is 8.71. The van der Waals surface area contributed by atoms with Crippen LogP contribution in [0, 0.1) is 5.82 Å². The van der Waals surface area contributed by atoms with Gasteiger partial charge in [-0.2, -0.15) is 0 Å². The lowest BCUT2D eigenvalue weighted by molar-refractivity contribution is -0.130. The van der Waals surface area contributed by atoms with Crippen molar-refractivity contribution in [3.63, 3.8) is 0 Å². The molecule has 29 heavy (non-hydrogen) atoms. The molecule has 1 N–H and O–H groups in total. The maximum Gasteiger partial charge on any atom is 0.290 e. The number of nitrogens with zero attached hydrogens (tertiary/aromatic N) is 1. The van der Waals surface area contributed by atoms with Gasteiger partial charge in [-0.15, -0.1) is 11.3 Å². The van der Waals surface area contributed by atoms with Gasteiger partial charge in [-0.3, -0.25) is 4.79 Å². The Morgan fingerprint density at radius 3 is 2.31 bits per heavy atom. The van der Waals surface area contributed by atoms with Gasteiger partial charge in [0.25, 0.3) is 5.91 Å². The fraction of sp³-hybridized carbons (Fsp3) is 0.0952. The van der Waals surface area contributed by atoms with E-state index in [1.807, 2.05) is 17.5 Å². The number of carbonyl (C=O) groups is 1. The van der Waals surface area contributed by atoms with Crippen molar-refractivity contribution >= 4 is 27.1 Å². The first kappa shape index (κ1) is 19.4. The normalized spacial score (nSPS) is 17.2. The van der Waals surface area contributed by atoms with Crippen molar-refractivity contribution < 1.29 is 22.7 Å². The molecule has 1 aromatic heterocycles. The van der Waals surface area contributed by atoms with Crippen molar-refractivity contribution in [1.82, 2.24) is 4.90 Å². The van der Waals surface area contributed by atoms with Crippen LogP contribution in [0.3, 0.4) is 0 Å². The summed E-state index contributed by atoms with van der Waals surface area (Å²) in [5.41, 5.74) is 0.398. The number of thiophene rings is 1. The second kappa shape index (κ2) is 7.46. The van der Waals surface area contributed by atoms with E-state index in [0.717, 1.165) is 4.88 Å². The highest BCUT2D eigenvalue weighted by Crippen LogP contribution is 2.43. The SMILES string of the molecule is O=C1C(O)=C(S(=O)(=O)c2ccccc2)[C@H](c2ccc(F)cc2)N1Cc1cccs1. The van der Waals surface area contributed by atoms with E-state index in [0.29, 0.717) is 5.56 Å². The van der Waals surface area contributed by atoms with E-state index in [1.54, 1.807) is 18.2 Å². The molecule has 0 fully saturated rings. The minimum absolute atomic E-state index is 0.0283. The van der Waals surface area contributed by atoms with Crippen LogP contribution in [0.4, 0.5) is 4.39 Å². The van der Waals surface area contributed by atoms with Gasteiger partial charge in [0, 0.05) is 4.88 Å². The number of benzene rings is 2. The predicted octanol–water partition coefficient (Wildman–Crippen LogP) is 4.21. The highest BCUT2D eigenvalue weighted by Gasteiger charge is 2.46. The molecule has 0 bridgehead atoms. The van der Waals surface area contributed by atoms with Gasteiger partial charge in [-0.05, 0) is 41.3 Å². The van der Waals surface area contributed by atoms with Crippen LogP contribution >= 0.6 is 11.3 Å². The number of aliphatic hydroxyl groups is 1. The summed E-state index contributed by atoms with van der Waals surface area (Å²) >= 11 is 1.41. The summed E-state index contributed by atoms with van der Waals surface area (Å²) in [5, 5.41) is 12.4. The summed E-state index contributed by atoms with van der Waals surface area (Å²) in [6, 6.07) is 15.5. The molecule has 2 aromatic carbocycles. The Bertz CT molecular complexity index is 1170. The van der Waals surface area contributed by atoms with Crippen molar-refractivity contribution in [3.8, 4) is 0 Å². The van der Waals surface area contributed by atoms with Crippen molar-refractivity contribution in [1.29, 1.82) is 0 Å². The van der Waals surface area contributed by atoms with E-state index >= 15 is 0 Å². The number of hydrogen-bond donors (Lipinski definition) is 1. The monoisotopic (exact) mass is 429 g/mol. The van der Waals surface area contributed by atoms with Gasteiger partial charge in [0.2, 0.25) is 9.84 Å². The largest absolute Gasteiger partial charge is 0.502 e. The number of amides is 1. The second-order valence-corrected chi connectivity index (χ2v) is 9.45. The summed E-state index contributed by atoms with van der Waals surface area (Å²) < 4.78 is 40.1. The number of hydrogen-bond acceptors (Lipinski definition) is 5. The Labute approximate surface area is 171 Å². The number of sulfone groups is 1. The van der Waals surface area contributed by atoms with E-state index in [2.05, 4.69) is 0 Å². The lowest BCUT2D eigenvalue weighted by Gasteiger charge is -2.26. The average molecular weight is 429 g/mol. The molecule has 0 saturated heterocycles. The second-order valence-electron chi connectivity index (χ2n) is 6.50. The van der Waals surface area contributed by atoms with Crippen LogP contribution in [0.15, 0.2) is 87.7 Å². The molecule has 148 valence electrons. The first-order valence-corrected chi connectivity index (χ1v) is 11.1. The molecule has 0 radical (unpaired) electrons. The van der Waals surface area contributed by atoms with Gasteiger partial charge in [-0.25, -0.2) is 12.8 Å². The molecule has 4 rings (SSSR count). The third-order valence-electron chi connectivity index (χ3n) is 4.69. The zero-order chi connectivity index (χ0) is 20.6. The zero-order valence-electron chi connectivity index (χ0n) is 15.0. The molecule has 1 amide bonds. The minimum atomic E-state index is -4.16. The molecule has 0 spiro atoms. The van der Waals surface area contributed by atoms with Crippen molar-refractivity contribution in [2.75, 3.05) is 0 Å². The van der Waals surface area contributed by atoms with Gasteiger partial charge in [0.15, 0.2) is 5.76 Å². The van der Waals surface area contributed by atoms with Crippen LogP contribution in [-0.2, 0) is 21.2 Å². The molecule has 1 atom stereocenters. The maximum atomic E-state index is 13.5. The topological polar surface area (TPSA) is 74.7 Å². The van der Waals surface area contributed by atoms with Crippen molar-refractivity contribution in [2.45, 2.75) is 17.5 Å². The summed E-state index contributed by atoms with van der Waals surface area (Å²) in [6.45, 7) is 0.121. The van der Waals surface area contributed by atoms with E-state index in [4.69, 9.17) is 0 Å². The van der Waals surface area contributed by atoms with Crippen LogP contribution < -0.4 is 0 Å². The van der Waals surface area contributed by atoms with Crippen LogP contribution in [0.5, 0.6) is 0 Å². The minimum Gasteiger partial charge on any atom is -0.502 e. The van der Waals surface area contributed by atoms with Crippen molar-refractivity contribution in [3.05, 3.63) is 99.0 Å². The Kier molecular flexibility index (Phi) is 4.97. The van der Waals surface area contributed by atoms with Gasteiger partial charge >= 0.3 is 0 Å². The van der Waals surface area contributed by atoms with Crippen LogP contribution in [0.1, 0.15) is 16.5 Å². The first-order chi connectivity index (χ1) is 13.9. The number of rotatable bonds is 5. The zero-order valence-corrected chi connectivity index (χ0v) is 16.7. The molecule has 1 aliphatic heterocycles. The highest BCUT2D eigenvalue weighted by molar-refractivity contribution is 7.95.